The van der Waals surface area contributed by atoms with Crippen LogP contribution >= 0.6 is 23.1 Å². The monoisotopic (exact) mass is 394 g/mol. The lowest BCUT2D eigenvalue weighted by Gasteiger charge is -2.04. The number of nitrogens with zero attached hydrogens (tertiary/aromatic N) is 1. The van der Waals surface area contributed by atoms with Crippen molar-refractivity contribution >= 4 is 40.2 Å². The molecule has 0 unspecified atom stereocenters. The Balaban J connectivity index is 1.51. The molecular formula is C22H22N2OS2. The summed E-state index contributed by atoms with van der Waals surface area (Å²) in [5.74, 6) is 1.12. The van der Waals surface area contributed by atoms with Crippen LogP contribution in [0, 0.1) is 0 Å². The van der Waals surface area contributed by atoms with Gasteiger partial charge in [-0.3, -0.25) is 10.1 Å². The first-order valence-corrected chi connectivity index (χ1v) is 10.7. The van der Waals surface area contributed by atoms with Gasteiger partial charge in [-0.2, -0.15) is 0 Å². The van der Waals surface area contributed by atoms with Crippen molar-refractivity contribution in [2.45, 2.75) is 30.4 Å². The Hall–Kier alpha value is -2.37. The van der Waals surface area contributed by atoms with E-state index in [4.69, 9.17) is 0 Å². The van der Waals surface area contributed by atoms with Crippen LogP contribution in [0.2, 0.25) is 0 Å². The molecule has 0 saturated heterocycles. The Morgan fingerprint density at radius 1 is 1.15 bits per heavy atom. The molecule has 0 radical (unpaired) electrons. The maximum atomic E-state index is 12.1. The summed E-state index contributed by atoms with van der Waals surface area (Å²) < 4.78 is 0. The van der Waals surface area contributed by atoms with E-state index in [0.717, 1.165) is 17.0 Å². The Morgan fingerprint density at radius 2 is 1.89 bits per heavy atom. The van der Waals surface area contributed by atoms with E-state index in [9.17, 15) is 4.79 Å². The van der Waals surface area contributed by atoms with Crippen molar-refractivity contribution < 1.29 is 4.79 Å². The minimum atomic E-state index is -0.167. The van der Waals surface area contributed by atoms with Crippen LogP contribution < -0.4 is 5.32 Å². The largest absolute Gasteiger partial charge is 0.298 e. The van der Waals surface area contributed by atoms with E-state index in [2.05, 4.69) is 48.4 Å². The number of benzene rings is 2. The molecule has 1 amide bonds. The van der Waals surface area contributed by atoms with Gasteiger partial charge < -0.3 is 0 Å². The summed E-state index contributed by atoms with van der Waals surface area (Å²) in [4.78, 5) is 17.8. The average molecular weight is 395 g/mol. The van der Waals surface area contributed by atoms with Gasteiger partial charge in [0.2, 0.25) is 5.91 Å². The molecule has 0 bridgehead atoms. The molecule has 5 heteroatoms. The van der Waals surface area contributed by atoms with E-state index >= 15 is 0 Å². The van der Waals surface area contributed by atoms with Crippen molar-refractivity contribution in [3.05, 3.63) is 82.9 Å². The van der Waals surface area contributed by atoms with Crippen LogP contribution in [-0.2, 0) is 10.5 Å². The highest BCUT2D eigenvalue weighted by Gasteiger charge is 2.05. The van der Waals surface area contributed by atoms with E-state index in [1.54, 1.807) is 17.8 Å². The van der Waals surface area contributed by atoms with Crippen LogP contribution in [0.3, 0.4) is 0 Å². The molecule has 3 rings (SSSR count). The van der Waals surface area contributed by atoms with Gasteiger partial charge in [0.15, 0.2) is 5.13 Å². The first kappa shape index (κ1) is 19.4. The number of nitrogens with one attached hydrogen (secondary N) is 1. The number of hydrogen-bond acceptors (Lipinski definition) is 4. The number of thioether (sulfide) groups is 1. The van der Waals surface area contributed by atoms with Crippen molar-refractivity contribution in [1.82, 2.24) is 4.98 Å². The number of rotatable bonds is 7. The molecule has 0 aliphatic carbocycles. The second-order valence-electron chi connectivity index (χ2n) is 6.39. The summed E-state index contributed by atoms with van der Waals surface area (Å²) in [6.45, 7) is 4.33. The van der Waals surface area contributed by atoms with E-state index < -0.39 is 0 Å². The molecule has 0 atom stereocenters. The molecule has 1 N–H and O–H groups in total. The lowest BCUT2D eigenvalue weighted by atomic mass is 10.0. The van der Waals surface area contributed by atoms with Crippen molar-refractivity contribution in [2.75, 3.05) is 5.32 Å². The predicted octanol–water partition coefficient (Wildman–Crippen LogP) is 6.21. The molecule has 1 aromatic heterocycles. The van der Waals surface area contributed by atoms with Gasteiger partial charge in [0.25, 0.3) is 0 Å². The van der Waals surface area contributed by atoms with Gasteiger partial charge in [0, 0.05) is 22.1 Å². The van der Waals surface area contributed by atoms with Crippen LogP contribution in [0.1, 0.15) is 36.6 Å². The summed E-state index contributed by atoms with van der Waals surface area (Å²) in [5.41, 5.74) is 3.27. The zero-order chi connectivity index (χ0) is 19.1. The molecule has 1 heterocycles. The first-order chi connectivity index (χ1) is 13.1. The summed E-state index contributed by atoms with van der Waals surface area (Å²) in [7, 11) is 0. The minimum absolute atomic E-state index is 0.167. The normalized spacial score (nSPS) is 11.2. The van der Waals surface area contributed by atoms with Gasteiger partial charge in [-0.05, 0) is 35.3 Å². The molecule has 0 spiro atoms. The second-order valence-corrected chi connectivity index (χ2v) is 8.30. The Bertz CT molecular complexity index is 900. The van der Waals surface area contributed by atoms with Crippen molar-refractivity contribution in [2.24, 2.45) is 0 Å². The zero-order valence-electron chi connectivity index (χ0n) is 15.4. The summed E-state index contributed by atoms with van der Waals surface area (Å²) in [6.07, 6.45) is 3.36. The van der Waals surface area contributed by atoms with Crippen LogP contribution in [-0.4, -0.2) is 10.9 Å². The number of thiazole rings is 1. The first-order valence-electron chi connectivity index (χ1n) is 8.81. The molecule has 0 aliphatic rings. The Kier molecular flexibility index (Phi) is 6.85. The average Bonchev–Trinajstić information content (AvgIpc) is 3.13. The molecule has 0 fully saturated rings. The number of amides is 1. The van der Waals surface area contributed by atoms with Crippen LogP contribution in [0.4, 0.5) is 5.13 Å². The summed E-state index contributed by atoms with van der Waals surface area (Å²) in [6, 6.07) is 18.5. The molecule has 2 aromatic carbocycles. The van der Waals surface area contributed by atoms with Crippen molar-refractivity contribution in [3.63, 3.8) is 0 Å². The fourth-order valence-electron chi connectivity index (χ4n) is 2.42. The topological polar surface area (TPSA) is 42.0 Å². The Morgan fingerprint density at radius 3 is 2.59 bits per heavy atom. The number of carbonyl (C=O) groups is 1. The molecule has 27 heavy (non-hydrogen) atoms. The van der Waals surface area contributed by atoms with Crippen molar-refractivity contribution in [1.29, 1.82) is 0 Å². The van der Waals surface area contributed by atoms with Crippen LogP contribution in [0.25, 0.3) is 6.08 Å². The van der Waals surface area contributed by atoms with Gasteiger partial charge in [-0.15, -0.1) is 23.1 Å². The third kappa shape index (κ3) is 6.08. The maximum absolute atomic E-state index is 12.1. The lowest BCUT2D eigenvalue weighted by Crippen LogP contribution is -2.07. The molecule has 0 aliphatic heterocycles. The van der Waals surface area contributed by atoms with Crippen molar-refractivity contribution in [3.8, 4) is 0 Å². The fraction of sp³-hybridized carbons (Fsp3) is 0.182. The highest BCUT2D eigenvalue weighted by molar-refractivity contribution is 7.98. The lowest BCUT2D eigenvalue weighted by molar-refractivity contribution is -0.111. The van der Waals surface area contributed by atoms with Crippen LogP contribution in [0.5, 0.6) is 0 Å². The smallest absolute Gasteiger partial charge is 0.250 e. The molecule has 3 aromatic rings. The number of carbonyl (C=O) groups excluding carboxylic acids is 1. The fourth-order valence-corrected chi connectivity index (χ4v) is 4.05. The van der Waals surface area contributed by atoms with Gasteiger partial charge in [0.1, 0.15) is 0 Å². The standard InChI is InChI=1S/C22H22N2OS2/c1-16(2)18-11-8-17(9-12-18)10-13-21(25)24-22-23-19(15-27-22)14-26-20-6-4-3-5-7-20/h3-13,15-16H,14H2,1-2H3,(H,23,24,25)/b13-10+. The zero-order valence-corrected chi connectivity index (χ0v) is 17.0. The van der Waals surface area contributed by atoms with E-state index in [1.165, 1.54) is 21.8 Å². The quantitative estimate of drug-likeness (QED) is 0.382. The molecule has 0 saturated carbocycles. The maximum Gasteiger partial charge on any atom is 0.250 e. The van der Waals surface area contributed by atoms with Crippen LogP contribution in [0.15, 0.2) is 70.9 Å². The minimum Gasteiger partial charge on any atom is -0.298 e. The molecular weight excluding hydrogens is 372 g/mol. The predicted molar refractivity (Wildman–Crippen MR) is 116 cm³/mol. The molecule has 138 valence electrons. The summed E-state index contributed by atoms with van der Waals surface area (Å²) in [5, 5.41) is 5.45. The van der Waals surface area contributed by atoms with E-state index in [-0.39, 0.29) is 5.91 Å². The summed E-state index contributed by atoms with van der Waals surface area (Å²) >= 11 is 3.18. The van der Waals surface area contributed by atoms with E-state index in [1.807, 2.05) is 41.8 Å². The number of anilines is 1. The van der Waals surface area contributed by atoms with Gasteiger partial charge in [0.05, 0.1) is 5.69 Å². The third-order valence-electron chi connectivity index (χ3n) is 3.94. The van der Waals surface area contributed by atoms with Gasteiger partial charge >= 0.3 is 0 Å². The SMILES string of the molecule is CC(C)c1ccc(/C=C/C(=O)Nc2nc(CSc3ccccc3)cs2)cc1. The highest BCUT2D eigenvalue weighted by Crippen LogP contribution is 2.25. The van der Waals surface area contributed by atoms with Gasteiger partial charge in [-0.1, -0.05) is 56.3 Å². The number of hydrogen-bond donors (Lipinski definition) is 1. The second kappa shape index (κ2) is 9.53. The highest BCUT2D eigenvalue weighted by atomic mass is 32.2. The molecule has 3 nitrogen and oxygen atoms in total. The van der Waals surface area contributed by atoms with E-state index in [0.29, 0.717) is 11.0 Å². The number of aromatic nitrogens is 1. The van der Waals surface area contributed by atoms with Gasteiger partial charge in [-0.25, -0.2) is 4.98 Å². The Labute approximate surface area is 168 Å². The third-order valence-corrected chi connectivity index (χ3v) is 5.79.